The Morgan fingerprint density at radius 3 is 2.56 bits per heavy atom. The monoisotopic (exact) mass is 298 g/mol. The van der Waals surface area contributed by atoms with Crippen molar-refractivity contribution >= 4 is 27.5 Å². The smallest absolute Gasteiger partial charge is 0.222 e. The standard InChI is InChI=1S/C11H8BrClN2O/c1-16-8-4-2-7(3-5-8)10-9(12)6-14-11(13)15-10/h2-6H,1H3. The van der Waals surface area contributed by atoms with Gasteiger partial charge < -0.3 is 4.74 Å². The van der Waals surface area contributed by atoms with E-state index in [1.54, 1.807) is 13.3 Å². The zero-order valence-corrected chi connectivity index (χ0v) is 10.8. The van der Waals surface area contributed by atoms with Crippen molar-refractivity contribution < 1.29 is 4.74 Å². The van der Waals surface area contributed by atoms with Gasteiger partial charge in [-0.1, -0.05) is 0 Å². The minimum absolute atomic E-state index is 0.231. The Morgan fingerprint density at radius 2 is 1.94 bits per heavy atom. The van der Waals surface area contributed by atoms with Gasteiger partial charge >= 0.3 is 0 Å². The number of nitrogens with zero attached hydrogens (tertiary/aromatic N) is 2. The molecule has 2 aromatic rings. The summed E-state index contributed by atoms with van der Waals surface area (Å²) in [6, 6.07) is 7.58. The lowest BCUT2D eigenvalue weighted by Gasteiger charge is -2.05. The Bertz CT molecular complexity index is 502. The van der Waals surface area contributed by atoms with Gasteiger partial charge in [0.15, 0.2) is 0 Å². The third kappa shape index (κ3) is 2.33. The fourth-order valence-corrected chi connectivity index (χ4v) is 1.85. The number of hydrogen-bond acceptors (Lipinski definition) is 3. The number of halogens is 2. The Balaban J connectivity index is 2.45. The number of aromatic nitrogens is 2. The molecule has 5 heteroatoms. The van der Waals surface area contributed by atoms with Gasteiger partial charge in [0.25, 0.3) is 0 Å². The Morgan fingerprint density at radius 1 is 1.25 bits per heavy atom. The molecule has 0 spiro atoms. The van der Waals surface area contributed by atoms with Gasteiger partial charge in [0.05, 0.1) is 17.3 Å². The SMILES string of the molecule is COc1ccc(-c2nc(Cl)ncc2Br)cc1. The van der Waals surface area contributed by atoms with E-state index in [4.69, 9.17) is 16.3 Å². The summed E-state index contributed by atoms with van der Waals surface area (Å²) in [5.41, 5.74) is 1.72. The van der Waals surface area contributed by atoms with Crippen molar-refractivity contribution in [3.05, 3.63) is 40.2 Å². The van der Waals surface area contributed by atoms with Gasteiger partial charge in [-0.15, -0.1) is 0 Å². The van der Waals surface area contributed by atoms with Crippen molar-refractivity contribution in [3.8, 4) is 17.0 Å². The summed E-state index contributed by atoms with van der Waals surface area (Å²) in [7, 11) is 1.63. The van der Waals surface area contributed by atoms with E-state index in [1.165, 1.54) is 0 Å². The molecule has 2 rings (SSSR count). The van der Waals surface area contributed by atoms with E-state index in [-0.39, 0.29) is 5.28 Å². The van der Waals surface area contributed by atoms with E-state index < -0.39 is 0 Å². The maximum atomic E-state index is 5.76. The van der Waals surface area contributed by atoms with Crippen LogP contribution in [0.3, 0.4) is 0 Å². The topological polar surface area (TPSA) is 35.0 Å². The lowest BCUT2D eigenvalue weighted by atomic mass is 10.1. The molecule has 0 aliphatic rings. The molecule has 1 aromatic carbocycles. The van der Waals surface area contributed by atoms with E-state index in [0.29, 0.717) is 0 Å². The first kappa shape index (κ1) is 11.4. The van der Waals surface area contributed by atoms with Crippen molar-refractivity contribution in [2.24, 2.45) is 0 Å². The summed E-state index contributed by atoms with van der Waals surface area (Å²) in [5, 5.41) is 0.231. The lowest BCUT2D eigenvalue weighted by Crippen LogP contribution is -1.89. The Kier molecular flexibility index (Phi) is 3.41. The molecule has 0 bridgehead atoms. The van der Waals surface area contributed by atoms with Crippen molar-refractivity contribution in [3.63, 3.8) is 0 Å². The van der Waals surface area contributed by atoms with Crippen molar-refractivity contribution in [2.45, 2.75) is 0 Å². The number of benzene rings is 1. The minimum Gasteiger partial charge on any atom is -0.497 e. The van der Waals surface area contributed by atoms with Crippen molar-refractivity contribution in [1.82, 2.24) is 9.97 Å². The molecule has 0 saturated heterocycles. The highest BCUT2D eigenvalue weighted by molar-refractivity contribution is 9.10. The van der Waals surface area contributed by atoms with E-state index >= 15 is 0 Å². The first-order chi connectivity index (χ1) is 7.70. The molecule has 82 valence electrons. The van der Waals surface area contributed by atoms with Crippen LogP contribution in [0.1, 0.15) is 0 Å². The first-order valence-corrected chi connectivity index (χ1v) is 5.70. The summed E-state index contributed by atoms with van der Waals surface area (Å²) in [4.78, 5) is 8.05. The summed E-state index contributed by atoms with van der Waals surface area (Å²) >= 11 is 9.15. The molecule has 1 heterocycles. The molecular formula is C11H8BrClN2O. The third-order valence-electron chi connectivity index (χ3n) is 2.08. The average Bonchev–Trinajstić information content (AvgIpc) is 2.32. The van der Waals surface area contributed by atoms with E-state index in [2.05, 4.69) is 25.9 Å². The fourth-order valence-electron chi connectivity index (χ4n) is 1.30. The second-order valence-corrected chi connectivity index (χ2v) is 4.26. The summed E-state index contributed by atoms with van der Waals surface area (Å²) in [6.07, 6.45) is 1.63. The molecule has 0 unspecified atom stereocenters. The van der Waals surface area contributed by atoms with Gasteiger partial charge in [-0.25, -0.2) is 9.97 Å². The van der Waals surface area contributed by atoms with Crippen LogP contribution >= 0.6 is 27.5 Å². The van der Waals surface area contributed by atoms with Crippen LogP contribution in [0.25, 0.3) is 11.3 Å². The molecule has 0 atom stereocenters. The molecule has 0 aliphatic carbocycles. The Labute approximate surface area is 107 Å². The number of hydrogen-bond donors (Lipinski definition) is 0. The fraction of sp³-hybridized carbons (Fsp3) is 0.0909. The van der Waals surface area contributed by atoms with Crippen molar-refractivity contribution in [2.75, 3.05) is 7.11 Å². The van der Waals surface area contributed by atoms with Gasteiger partial charge in [0, 0.05) is 11.8 Å². The normalized spacial score (nSPS) is 10.2. The molecular weight excluding hydrogens is 291 g/mol. The number of rotatable bonds is 2. The molecule has 16 heavy (non-hydrogen) atoms. The molecule has 0 N–H and O–H groups in total. The van der Waals surface area contributed by atoms with E-state index in [1.807, 2.05) is 24.3 Å². The van der Waals surface area contributed by atoms with Crippen LogP contribution in [0.4, 0.5) is 0 Å². The summed E-state index contributed by atoms with van der Waals surface area (Å²) in [5.74, 6) is 0.806. The van der Waals surface area contributed by atoms with Crippen LogP contribution < -0.4 is 4.74 Å². The van der Waals surface area contributed by atoms with Gasteiger partial charge in [0.1, 0.15) is 5.75 Å². The molecule has 0 fully saturated rings. The second-order valence-electron chi connectivity index (χ2n) is 3.06. The molecule has 0 amide bonds. The highest BCUT2D eigenvalue weighted by Gasteiger charge is 2.06. The zero-order valence-electron chi connectivity index (χ0n) is 8.45. The predicted molar refractivity (Wildman–Crippen MR) is 66.7 cm³/mol. The van der Waals surface area contributed by atoms with E-state index in [0.717, 1.165) is 21.5 Å². The quantitative estimate of drug-likeness (QED) is 0.795. The minimum atomic E-state index is 0.231. The molecule has 0 aliphatic heterocycles. The van der Waals surface area contributed by atoms with Gasteiger partial charge in [0.2, 0.25) is 5.28 Å². The summed E-state index contributed by atoms with van der Waals surface area (Å²) in [6.45, 7) is 0. The van der Waals surface area contributed by atoms with Crippen LogP contribution in [-0.4, -0.2) is 17.1 Å². The van der Waals surface area contributed by atoms with Crippen molar-refractivity contribution in [1.29, 1.82) is 0 Å². The van der Waals surface area contributed by atoms with Gasteiger partial charge in [-0.05, 0) is 51.8 Å². The first-order valence-electron chi connectivity index (χ1n) is 4.53. The van der Waals surface area contributed by atoms with E-state index in [9.17, 15) is 0 Å². The van der Waals surface area contributed by atoms with Crippen LogP contribution in [0.15, 0.2) is 34.9 Å². The highest BCUT2D eigenvalue weighted by Crippen LogP contribution is 2.27. The number of methoxy groups -OCH3 is 1. The lowest BCUT2D eigenvalue weighted by molar-refractivity contribution is 0.415. The second kappa shape index (κ2) is 4.80. The predicted octanol–water partition coefficient (Wildman–Crippen LogP) is 3.57. The van der Waals surface area contributed by atoms with Crippen LogP contribution in [-0.2, 0) is 0 Å². The molecule has 3 nitrogen and oxygen atoms in total. The molecule has 0 radical (unpaired) electrons. The van der Waals surface area contributed by atoms with Crippen LogP contribution in [0.5, 0.6) is 5.75 Å². The molecule has 0 saturated carbocycles. The average molecular weight is 300 g/mol. The van der Waals surface area contributed by atoms with Gasteiger partial charge in [-0.3, -0.25) is 0 Å². The summed E-state index contributed by atoms with van der Waals surface area (Å²) < 4.78 is 5.90. The largest absolute Gasteiger partial charge is 0.497 e. The molecule has 1 aromatic heterocycles. The Hall–Kier alpha value is -1.13. The highest BCUT2D eigenvalue weighted by atomic mass is 79.9. The number of ether oxygens (including phenoxy) is 1. The van der Waals surface area contributed by atoms with Gasteiger partial charge in [-0.2, -0.15) is 0 Å². The zero-order chi connectivity index (χ0) is 11.5. The maximum Gasteiger partial charge on any atom is 0.222 e. The van der Waals surface area contributed by atoms with Crippen LogP contribution in [0, 0.1) is 0 Å². The maximum absolute atomic E-state index is 5.76. The third-order valence-corrected chi connectivity index (χ3v) is 2.84. The van der Waals surface area contributed by atoms with Crippen LogP contribution in [0.2, 0.25) is 5.28 Å².